The largest absolute Gasteiger partial charge is 0.323 e. The summed E-state index contributed by atoms with van der Waals surface area (Å²) in [6.07, 6.45) is 3.32. The molecule has 2 N–H and O–H groups in total. The molecule has 6 nitrogen and oxygen atoms in total. The second-order valence-corrected chi connectivity index (χ2v) is 3.65. The van der Waals surface area contributed by atoms with Crippen LogP contribution in [0.15, 0.2) is 36.7 Å². The molecule has 0 aliphatic carbocycles. The zero-order valence-corrected chi connectivity index (χ0v) is 9.25. The summed E-state index contributed by atoms with van der Waals surface area (Å²) in [6.45, 7) is 0. The minimum atomic E-state index is 0.425. The van der Waals surface area contributed by atoms with E-state index in [9.17, 15) is 0 Å². The maximum absolute atomic E-state index is 8.99. The molecule has 0 aliphatic rings. The van der Waals surface area contributed by atoms with Crippen LogP contribution in [0.2, 0.25) is 0 Å². The first kappa shape index (κ1) is 10.2. The van der Waals surface area contributed by atoms with Crippen molar-refractivity contribution in [2.45, 2.75) is 0 Å². The number of hydrogen-bond donors (Lipinski definition) is 2. The first-order valence-corrected chi connectivity index (χ1v) is 5.29. The van der Waals surface area contributed by atoms with Crippen molar-refractivity contribution in [1.82, 2.24) is 20.2 Å². The number of nitriles is 1. The molecular formula is C12H8N6. The minimum absolute atomic E-state index is 0.425. The fraction of sp³-hybridized carbons (Fsp3) is 0. The van der Waals surface area contributed by atoms with E-state index >= 15 is 0 Å². The highest BCUT2D eigenvalue weighted by molar-refractivity contribution is 5.74. The van der Waals surface area contributed by atoms with Crippen LogP contribution in [0.3, 0.4) is 0 Å². The molecule has 0 saturated heterocycles. The molecule has 1 aromatic carbocycles. The van der Waals surface area contributed by atoms with Crippen molar-refractivity contribution in [1.29, 1.82) is 5.26 Å². The van der Waals surface area contributed by atoms with Gasteiger partial charge in [0.25, 0.3) is 0 Å². The molecule has 0 aliphatic heterocycles. The quantitative estimate of drug-likeness (QED) is 0.709. The SMILES string of the molecule is N#Cc1ccccc1Nc1ncc2cn[nH]c2n1. The number of hydrogen-bond acceptors (Lipinski definition) is 5. The van der Waals surface area contributed by atoms with E-state index < -0.39 is 0 Å². The van der Waals surface area contributed by atoms with Gasteiger partial charge in [0.15, 0.2) is 5.65 Å². The molecule has 0 saturated carbocycles. The molecule has 3 rings (SSSR count). The van der Waals surface area contributed by atoms with Crippen LogP contribution in [0.25, 0.3) is 11.0 Å². The van der Waals surface area contributed by atoms with Crippen molar-refractivity contribution in [3.8, 4) is 6.07 Å². The van der Waals surface area contributed by atoms with Crippen LogP contribution < -0.4 is 5.32 Å². The van der Waals surface area contributed by atoms with Gasteiger partial charge in [0.2, 0.25) is 5.95 Å². The lowest BCUT2D eigenvalue weighted by atomic mass is 10.2. The Morgan fingerprint density at radius 2 is 2.11 bits per heavy atom. The molecule has 3 aromatic rings. The van der Waals surface area contributed by atoms with Gasteiger partial charge in [-0.1, -0.05) is 12.1 Å². The van der Waals surface area contributed by atoms with Crippen LogP contribution in [0.1, 0.15) is 5.56 Å². The summed E-state index contributed by atoms with van der Waals surface area (Å²) < 4.78 is 0. The fourth-order valence-electron chi connectivity index (χ4n) is 1.61. The van der Waals surface area contributed by atoms with Gasteiger partial charge in [0, 0.05) is 6.20 Å². The summed E-state index contributed by atoms with van der Waals surface area (Å²) in [4.78, 5) is 8.41. The molecule has 0 radical (unpaired) electrons. The van der Waals surface area contributed by atoms with Crippen LogP contribution in [0.4, 0.5) is 11.6 Å². The number of nitrogens with one attached hydrogen (secondary N) is 2. The van der Waals surface area contributed by atoms with E-state index in [2.05, 4.69) is 31.6 Å². The third kappa shape index (κ3) is 1.74. The van der Waals surface area contributed by atoms with Crippen molar-refractivity contribution in [3.05, 3.63) is 42.2 Å². The van der Waals surface area contributed by atoms with Gasteiger partial charge in [0.1, 0.15) is 6.07 Å². The van der Waals surface area contributed by atoms with Gasteiger partial charge in [-0.2, -0.15) is 15.3 Å². The minimum Gasteiger partial charge on any atom is -0.323 e. The Kier molecular flexibility index (Phi) is 2.35. The second kappa shape index (κ2) is 4.14. The first-order chi connectivity index (χ1) is 8.86. The van der Waals surface area contributed by atoms with Gasteiger partial charge >= 0.3 is 0 Å². The second-order valence-electron chi connectivity index (χ2n) is 3.65. The van der Waals surface area contributed by atoms with E-state index in [1.807, 2.05) is 12.1 Å². The number of rotatable bonds is 2. The Morgan fingerprint density at radius 1 is 1.22 bits per heavy atom. The zero-order valence-electron chi connectivity index (χ0n) is 9.25. The Labute approximate surface area is 102 Å². The summed E-state index contributed by atoms with van der Waals surface area (Å²) in [5, 5.41) is 19.5. The number of anilines is 2. The Balaban J connectivity index is 1.98. The van der Waals surface area contributed by atoms with Crippen LogP contribution in [-0.2, 0) is 0 Å². The molecule has 0 amide bonds. The number of benzene rings is 1. The number of nitrogens with zero attached hydrogens (tertiary/aromatic N) is 4. The lowest BCUT2D eigenvalue weighted by Gasteiger charge is -2.05. The molecule has 2 heterocycles. The molecule has 0 unspecified atom stereocenters. The first-order valence-electron chi connectivity index (χ1n) is 5.29. The third-order valence-electron chi connectivity index (χ3n) is 2.49. The average Bonchev–Trinajstić information content (AvgIpc) is 2.87. The Morgan fingerprint density at radius 3 is 3.00 bits per heavy atom. The molecule has 0 bridgehead atoms. The highest BCUT2D eigenvalue weighted by atomic mass is 15.2. The topological polar surface area (TPSA) is 90.3 Å². The van der Waals surface area contributed by atoms with Crippen molar-refractivity contribution < 1.29 is 0 Å². The van der Waals surface area contributed by atoms with Gasteiger partial charge in [-0.15, -0.1) is 0 Å². The molecule has 0 atom stereocenters. The van der Waals surface area contributed by atoms with E-state index in [0.29, 0.717) is 22.8 Å². The van der Waals surface area contributed by atoms with Crippen molar-refractivity contribution in [2.75, 3.05) is 5.32 Å². The Bertz CT molecular complexity index is 739. The van der Waals surface area contributed by atoms with Crippen molar-refractivity contribution in [2.24, 2.45) is 0 Å². The summed E-state index contributed by atoms with van der Waals surface area (Å²) in [7, 11) is 0. The average molecular weight is 236 g/mol. The van der Waals surface area contributed by atoms with Crippen LogP contribution in [-0.4, -0.2) is 20.2 Å². The number of fused-ring (bicyclic) bond motifs is 1. The van der Waals surface area contributed by atoms with E-state index in [4.69, 9.17) is 5.26 Å². The third-order valence-corrected chi connectivity index (χ3v) is 2.49. The van der Waals surface area contributed by atoms with Crippen LogP contribution >= 0.6 is 0 Å². The highest BCUT2D eigenvalue weighted by Crippen LogP contribution is 2.18. The summed E-state index contributed by atoms with van der Waals surface area (Å²) in [5.74, 6) is 0.425. The molecule has 0 spiro atoms. The zero-order chi connectivity index (χ0) is 12.4. The summed E-state index contributed by atoms with van der Waals surface area (Å²) in [5.41, 5.74) is 1.88. The lowest BCUT2D eigenvalue weighted by Crippen LogP contribution is -1.98. The molecule has 2 aromatic heterocycles. The normalized spacial score (nSPS) is 10.2. The van der Waals surface area contributed by atoms with Gasteiger partial charge in [-0.3, -0.25) is 5.10 Å². The van der Waals surface area contributed by atoms with Gasteiger partial charge in [0.05, 0.1) is 22.8 Å². The van der Waals surface area contributed by atoms with Crippen molar-refractivity contribution >= 4 is 22.7 Å². The maximum Gasteiger partial charge on any atom is 0.229 e. The van der Waals surface area contributed by atoms with Gasteiger partial charge in [-0.05, 0) is 12.1 Å². The van der Waals surface area contributed by atoms with E-state index in [0.717, 1.165) is 5.39 Å². The highest BCUT2D eigenvalue weighted by Gasteiger charge is 2.04. The summed E-state index contributed by atoms with van der Waals surface area (Å²) >= 11 is 0. The Hall–Kier alpha value is -2.94. The monoisotopic (exact) mass is 236 g/mol. The van der Waals surface area contributed by atoms with E-state index in [1.165, 1.54) is 0 Å². The fourth-order valence-corrected chi connectivity index (χ4v) is 1.61. The van der Waals surface area contributed by atoms with Crippen LogP contribution in [0.5, 0.6) is 0 Å². The predicted octanol–water partition coefficient (Wildman–Crippen LogP) is 1.97. The number of H-pyrrole nitrogens is 1. The van der Waals surface area contributed by atoms with Gasteiger partial charge in [-0.25, -0.2) is 4.98 Å². The number of aromatic nitrogens is 4. The lowest BCUT2D eigenvalue weighted by molar-refractivity contribution is 1.09. The van der Waals surface area contributed by atoms with Crippen molar-refractivity contribution in [3.63, 3.8) is 0 Å². The molecule has 6 heteroatoms. The smallest absolute Gasteiger partial charge is 0.229 e. The molecule has 18 heavy (non-hydrogen) atoms. The standard InChI is InChI=1S/C12H8N6/c13-5-8-3-1-2-4-10(8)16-12-14-6-9-7-15-18-11(9)17-12/h1-4,6-7H,(H2,14,15,16,17,18). The summed E-state index contributed by atoms with van der Waals surface area (Å²) in [6, 6.07) is 9.30. The number of aromatic amines is 1. The molecule has 86 valence electrons. The van der Waals surface area contributed by atoms with E-state index in [-0.39, 0.29) is 0 Å². The van der Waals surface area contributed by atoms with Gasteiger partial charge < -0.3 is 5.32 Å². The molecule has 0 fully saturated rings. The van der Waals surface area contributed by atoms with E-state index in [1.54, 1.807) is 24.5 Å². The van der Waals surface area contributed by atoms with Crippen LogP contribution in [0, 0.1) is 11.3 Å². The maximum atomic E-state index is 8.99. The number of para-hydroxylation sites is 1. The predicted molar refractivity (Wildman–Crippen MR) is 66.1 cm³/mol. The molecular weight excluding hydrogens is 228 g/mol.